The van der Waals surface area contributed by atoms with Gasteiger partial charge in [0.1, 0.15) is 6.54 Å². The average Bonchev–Trinajstić information content (AvgIpc) is 2.83. The van der Waals surface area contributed by atoms with Crippen LogP contribution in [-0.2, 0) is 11.3 Å². The first-order valence-corrected chi connectivity index (χ1v) is 7.37. The molecule has 2 unspecified atom stereocenters. The average molecular weight is 281 g/mol. The van der Waals surface area contributed by atoms with E-state index in [9.17, 15) is 4.79 Å². The third-order valence-electron chi connectivity index (χ3n) is 3.27. The van der Waals surface area contributed by atoms with Crippen LogP contribution in [0.25, 0.3) is 0 Å². The fourth-order valence-corrected chi connectivity index (χ4v) is 1.89. The van der Waals surface area contributed by atoms with Crippen molar-refractivity contribution in [2.75, 3.05) is 0 Å². The van der Waals surface area contributed by atoms with E-state index in [1.165, 1.54) is 4.68 Å². The van der Waals surface area contributed by atoms with Gasteiger partial charge in [-0.1, -0.05) is 26.0 Å². The van der Waals surface area contributed by atoms with Crippen LogP contribution in [0.5, 0.6) is 0 Å². The number of hydrogen-bond acceptors (Lipinski definition) is 4. The van der Waals surface area contributed by atoms with Gasteiger partial charge in [0.25, 0.3) is 0 Å². The van der Waals surface area contributed by atoms with Crippen molar-refractivity contribution >= 4 is 5.91 Å². The number of rotatable bonds is 8. The number of aromatic nitrogens is 3. The molecule has 6 nitrogen and oxygen atoms in total. The van der Waals surface area contributed by atoms with E-state index in [1.54, 1.807) is 6.20 Å². The third-order valence-corrected chi connectivity index (χ3v) is 3.27. The number of nitrogens with two attached hydrogens (primary N) is 1. The lowest BCUT2D eigenvalue weighted by Gasteiger charge is -2.14. The van der Waals surface area contributed by atoms with Gasteiger partial charge in [-0.2, -0.15) is 0 Å². The lowest BCUT2D eigenvalue weighted by molar-refractivity contribution is -0.122. The van der Waals surface area contributed by atoms with Gasteiger partial charge >= 0.3 is 0 Å². The monoisotopic (exact) mass is 281 g/mol. The predicted octanol–water partition coefficient (Wildman–Crippen LogP) is 1.63. The van der Waals surface area contributed by atoms with Crippen molar-refractivity contribution in [2.24, 2.45) is 11.7 Å². The van der Waals surface area contributed by atoms with E-state index in [0.717, 1.165) is 25.0 Å². The van der Waals surface area contributed by atoms with Crippen molar-refractivity contribution < 1.29 is 4.79 Å². The van der Waals surface area contributed by atoms with Crippen LogP contribution in [0.2, 0.25) is 0 Å². The van der Waals surface area contributed by atoms with E-state index in [0.29, 0.717) is 5.92 Å². The Morgan fingerprint density at radius 1 is 1.40 bits per heavy atom. The Labute approximate surface area is 121 Å². The van der Waals surface area contributed by atoms with E-state index in [1.807, 2.05) is 13.8 Å². The van der Waals surface area contributed by atoms with Gasteiger partial charge in [0, 0.05) is 6.04 Å². The van der Waals surface area contributed by atoms with Crippen molar-refractivity contribution in [1.29, 1.82) is 0 Å². The zero-order valence-corrected chi connectivity index (χ0v) is 13.0. The Balaban J connectivity index is 2.40. The molecule has 2 atom stereocenters. The molecule has 0 spiro atoms. The molecule has 114 valence electrons. The summed E-state index contributed by atoms with van der Waals surface area (Å²) in [5.74, 6) is 0.616. The number of amides is 1. The zero-order chi connectivity index (χ0) is 15.1. The highest BCUT2D eigenvalue weighted by Crippen LogP contribution is 2.09. The van der Waals surface area contributed by atoms with Gasteiger partial charge in [-0.3, -0.25) is 4.79 Å². The van der Waals surface area contributed by atoms with E-state index in [2.05, 4.69) is 29.5 Å². The van der Waals surface area contributed by atoms with Crippen LogP contribution in [0.4, 0.5) is 0 Å². The van der Waals surface area contributed by atoms with Crippen molar-refractivity contribution in [3.63, 3.8) is 0 Å². The summed E-state index contributed by atoms with van der Waals surface area (Å²) in [6.07, 6.45) is 4.65. The largest absolute Gasteiger partial charge is 0.352 e. The minimum absolute atomic E-state index is 0.0391. The molecule has 1 rings (SSSR count). The number of carbonyl (C=O) groups is 1. The Hall–Kier alpha value is -1.43. The topological polar surface area (TPSA) is 85.8 Å². The summed E-state index contributed by atoms with van der Waals surface area (Å²) >= 11 is 0. The van der Waals surface area contributed by atoms with Crippen LogP contribution < -0.4 is 11.1 Å². The summed E-state index contributed by atoms with van der Waals surface area (Å²) in [4.78, 5) is 11.9. The molecular weight excluding hydrogens is 254 g/mol. The van der Waals surface area contributed by atoms with Crippen LogP contribution in [0, 0.1) is 5.92 Å². The summed E-state index contributed by atoms with van der Waals surface area (Å²) in [6, 6.07) is 0.0718. The third kappa shape index (κ3) is 5.69. The van der Waals surface area contributed by atoms with Gasteiger partial charge in [-0.25, -0.2) is 4.68 Å². The molecule has 20 heavy (non-hydrogen) atoms. The lowest BCUT2D eigenvalue weighted by atomic mass is 10.0. The van der Waals surface area contributed by atoms with Crippen LogP contribution >= 0.6 is 0 Å². The maximum atomic E-state index is 11.9. The van der Waals surface area contributed by atoms with E-state index < -0.39 is 0 Å². The van der Waals surface area contributed by atoms with Crippen LogP contribution in [0.3, 0.4) is 0 Å². The lowest BCUT2D eigenvalue weighted by Crippen LogP contribution is -2.35. The Bertz CT molecular complexity index is 415. The second kappa shape index (κ2) is 7.99. The van der Waals surface area contributed by atoms with Gasteiger partial charge in [-0.05, 0) is 32.1 Å². The minimum Gasteiger partial charge on any atom is -0.352 e. The first kappa shape index (κ1) is 16.6. The number of hydrogen-bond donors (Lipinski definition) is 2. The van der Waals surface area contributed by atoms with Gasteiger partial charge < -0.3 is 11.1 Å². The highest BCUT2D eigenvalue weighted by atomic mass is 16.2. The molecule has 1 heterocycles. The van der Waals surface area contributed by atoms with Gasteiger partial charge in [0.2, 0.25) is 5.91 Å². The number of carbonyl (C=O) groups excluding carboxylic acids is 1. The predicted molar refractivity (Wildman–Crippen MR) is 78.9 cm³/mol. The molecule has 0 aromatic carbocycles. The molecule has 0 aliphatic heterocycles. The van der Waals surface area contributed by atoms with Crippen molar-refractivity contribution in [2.45, 2.75) is 65.6 Å². The molecule has 1 aromatic heterocycles. The second-order valence-corrected chi connectivity index (χ2v) is 5.80. The first-order valence-electron chi connectivity index (χ1n) is 7.37. The maximum Gasteiger partial charge on any atom is 0.242 e. The van der Waals surface area contributed by atoms with Gasteiger partial charge in [0.15, 0.2) is 0 Å². The smallest absolute Gasteiger partial charge is 0.242 e. The molecule has 0 saturated carbocycles. The van der Waals surface area contributed by atoms with Crippen molar-refractivity contribution in [1.82, 2.24) is 20.3 Å². The molecule has 0 aliphatic carbocycles. The van der Waals surface area contributed by atoms with Crippen LogP contribution in [0.15, 0.2) is 6.20 Å². The minimum atomic E-state index is -0.114. The summed E-state index contributed by atoms with van der Waals surface area (Å²) < 4.78 is 1.54. The van der Waals surface area contributed by atoms with Crippen molar-refractivity contribution in [3.8, 4) is 0 Å². The molecule has 0 saturated heterocycles. The van der Waals surface area contributed by atoms with E-state index in [-0.39, 0.29) is 24.5 Å². The Morgan fingerprint density at radius 2 is 2.10 bits per heavy atom. The summed E-state index contributed by atoms with van der Waals surface area (Å²) in [7, 11) is 0. The van der Waals surface area contributed by atoms with E-state index >= 15 is 0 Å². The molecular formula is C14H27N5O. The second-order valence-electron chi connectivity index (χ2n) is 5.80. The fraction of sp³-hybridized carbons (Fsp3) is 0.786. The number of nitrogens with zero attached hydrogens (tertiary/aromatic N) is 3. The zero-order valence-electron chi connectivity index (χ0n) is 13.0. The van der Waals surface area contributed by atoms with Crippen LogP contribution in [0.1, 0.15) is 58.7 Å². The van der Waals surface area contributed by atoms with Crippen molar-refractivity contribution in [3.05, 3.63) is 11.9 Å². The molecule has 0 radical (unpaired) electrons. The highest BCUT2D eigenvalue weighted by Gasteiger charge is 2.12. The molecule has 0 bridgehead atoms. The van der Waals surface area contributed by atoms with Gasteiger partial charge in [0.05, 0.1) is 17.9 Å². The summed E-state index contributed by atoms with van der Waals surface area (Å²) in [6.45, 7) is 8.58. The van der Waals surface area contributed by atoms with Gasteiger partial charge in [-0.15, -0.1) is 5.10 Å². The molecule has 3 N–H and O–H groups in total. The quantitative estimate of drug-likeness (QED) is 0.758. The standard InChI is InChI=1S/C14H27N5O/c1-5-12(15)13-8-19(18-17-13)9-14(20)16-11(4)7-6-10(2)3/h8,10-12H,5-7,9,15H2,1-4H3,(H,16,20). The SMILES string of the molecule is CCC(N)c1cn(CC(=O)NC(C)CCC(C)C)nn1. The van der Waals surface area contributed by atoms with E-state index in [4.69, 9.17) is 5.73 Å². The molecule has 0 fully saturated rings. The molecule has 1 aromatic rings. The molecule has 6 heteroatoms. The Kier molecular flexibility index (Phi) is 6.64. The normalized spacial score (nSPS) is 14.3. The number of nitrogens with one attached hydrogen (secondary N) is 1. The fourth-order valence-electron chi connectivity index (χ4n) is 1.89. The highest BCUT2D eigenvalue weighted by molar-refractivity contribution is 5.75. The maximum absolute atomic E-state index is 11.9. The molecule has 1 amide bonds. The summed E-state index contributed by atoms with van der Waals surface area (Å²) in [5, 5.41) is 10.9. The summed E-state index contributed by atoms with van der Waals surface area (Å²) in [5.41, 5.74) is 6.60. The molecule has 0 aliphatic rings. The first-order chi connectivity index (χ1) is 9.42. The van der Waals surface area contributed by atoms with Crippen LogP contribution in [-0.4, -0.2) is 26.9 Å². The Morgan fingerprint density at radius 3 is 2.70 bits per heavy atom.